The summed E-state index contributed by atoms with van der Waals surface area (Å²) < 4.78 is 12.8. The van der Waals surface area contributed by atoms with E-state index in [9.17, 15) is 4.39 Å². The third-order valence-electron chi connectivity index (χ3n) is 3.58. The van der Waals surface area contributed by atoms with Gasteiger partial charge >= 0.3 is 0 Å². The molecule has 1 atom stereocenters. The standard InChI is InChI=1S/C14H20FNS/c1-10(17-2)9-16-14-7-12(8-14)11-3-5-13(15)6-4-11/h3-6,10,12,14,16H,7-9H2,1-2H3. The summed E-state index contributed by atoms with van der Waals surface area (Å²) in [5.41, 5.74) is 1.28. The van der Waals surface area contributed by atoms with Gasteiger partial charge in [-0.3, -0.25) is 0 Å². The van der Waals surface area contributed by atoms with Gasteiger partial charge < -0.3 is 5.32 Å². The van der Waals surface area contributed by atoms with Crippen LogP contribution in [0, 0.1) is 5.82 Å². The van der Waals surface area contributed by atoms with Crippen LogP contribution in [0.1, 0.15) is 31.2 Å². The number of hydrogen-bond acceptors (Lipinski definition) is 2. The highest BCUT2D eigenvalue weighted by atomic mass is 32.2. The van der Waals surface area contributed by atoms with Crippen molar-refractivity contribution in [2.45, 2.75) is 37.0 Å². The zero-order chi connectivity index (χ0) is 12.3. The lowest BCUT2D eigenvalue weighted by Gasteiger charge is -2.37. The molecule has 1 N–H and O–H groups in total. The second-order valence-electron chi connectivity index (χ2n) is 4.87. The van der Waals surface area contributed by atoms with Crippen molar-refractivity contribution in [3.8, 4) is 0 Å². The molecule has 1 aromatic rings. The van der Waals surface area contributed by atoms with Crippen molar-refractivity contribution >= 4 is 11.8 Å². The van der Waals surface area contributed by atoms with Gasteiger partial charge in [-0.1, -0.05) is 19.1 Å². The van der Waals surface area contributed by atoms with E-state index in [1.165, 1.54) is 18.4 Å². The van der Waals surface area contributed by atoms with Gasteiger partial charge in [-0.25, -0.2) is 4.39 Å². The normalized spacial score (nSPS) is 25.4. The van der Waals surface area contributed by atoms with Crippen molar-refractivity contribution in [2.24, 2.45) is 0 Å². The maximum atomic E-state index is 12.8. The Morgan fingerprint density at radius 3 is 2.59 bits per heavy atom. The molecule has 0 saturated heterocycles. The molecule has 1 saturated carbocycles. The molecule has 0 aliphatic heterocycles. The van der Waals surface area contributed by atoms with E-state index >= 15 is 0 Å². The molecule has 2 rings (SSSR count). The summed E-state index contributed by atoms with van der Waals surface area (Å²) in [4.78, 5) is 0. The summed E-state index contributed by atoms with van der Waals surface area (Å²) in [6.07, 6.45) is 4.52. The van der Waals surface area contributed by atoms with E-state index in [2.05, 4.69) is 18.5 Å². The molecule has 3 heteroatoms. The first kappa shape index (κ1) is 12.9. The van der Waals surface area contributed by atoms with Gasteiger partial charge in [-0.2, -0.15) is 11.8 Å². The quantitative estimate of drug-likeness (QED) is 0.863. The highest BCUT2D eigenvalue weighted by Gasteiger charge is 2.29. The van der Waals surface area contributed by atoms with Crippen LogP contribution in [0.5, 0.6) is 0 Å². The van der Waals surface area contributed by atoms with Crippen LogP contribution in [0.2, 0.25) is 0 Å². The average Bonchev–Trinajstić information content (AvgIpc) is 2.29. The molecule has 1 unspecified atom stereocenters. The fourth-order valence-electron chi connectivity index (χ4n) is 2.21. The van der Waals surface area contributed by atoms with Crippen LogP contribution < -0.4 is 5.32 Å². The first-order valence-corrected chi connectivity index (χ1v) is 7.49. The van der Waals surface area contributed by atoms with Crippen molar-refractivity contribution in [2.75, 3.05) is 12.8 Å². The van der Waals surface area contributed by atoms with Gasteiger partial charge in [0.2, 0.25) is 0 Å². The Hall–Kier alpha value is -0.540. The largest absolute Gasteiger partial charge is 0.313 e. The molecule has 0 spiro atoms. The van der Waals surface area contributed by atoms with E-state index in [0.717, 1.165) is 6.54 Å². The molecule has 0 radical (unpaired) electrons. The van der Waals surface area contributed by atoms with Gasteiger partial charge in [-0.15, -0.1) is 0 Å². The SMILES string of the molecule is CSC(C)CNC1CC(c2ccc(F)cc2)C1. The average molecular weight is 253 g/mol. The molecule has 1 aromatic carbocycles. The summed E-state index contributed by atoms with van der Waals surface area (Å²) in [5, 5.41) is 4.27. The van der Waals surface area contributed by atoms with E-state index in [0.29, 0.717) is 17.2 Å². The van der Waals surface area contributed by atoms with Crippen LogP contribution in [-0.2, 0) is 0 Å². The van der Waals surface area contributed by atoms with Crippen molar-refractivity contribution in [1.29, 1.82) is 0 Å². The summed E-state index contributed by atoms with van der Waals surface area (Å²) in [5.74, 6) is 0.481. The highest BCUT2D eigenvalue weighted by Crippen LogP contribution is 2.36. The predicted molar refractivity (Wildman–Crippen MR) is 73.1 cm³/mol. The van der Waals surface area contributed by atoms with Crippen molar-refractivity contribution in [1.82, 2.24) is 5.32 Å². The third-order valence-corrected chi connectivity index (χ3v) is 4.55. The number of nitrogens with one attached hydrogen (secondary N) is 1. The van der Waals surface area contributed by atoms with Crippen LogP contribution in [-0.4, -0.2) is 24.1 Å². The Morgan fingerprint density at radius 1 is 1.35 bits per heavy atom. The fraction of sp³-hybridized carbons (Fsp3) is 0.571. The summed E-state index contributed by atoms with van der Waals surface area (Å²) in [6, 6.07) is 7.61. The number of benzene rings is 1. The van der Waals surface area contributed by atoms with Crippen LogP contribution in [0.15, 0.2) is 24.3 Å². The first-order valence-electron chi connectivity index (χ1n) is 6.20. The molecule has 1 fully saturated rings. The maximum Gasteiger partial charge on any atom is 0.123 e. The van der Waals surface area contributed by atoms with Crippen LogP contribution in [0.4, 0.5) is 4.39 Å². The van der Waals surface area contributed by atoms with Crippen molar-refractivity contribution in [3.63, 3.8) is 0 Å². The minimum absolute atomic E-state index is 0.142. The lowest BCUT2D eigenvalue weighted by atomic mass is 9.76. The topological polar surface area (TPSA) is 12.0 Å². The molecule has 1 aliphatic rings. The number of halogens is 1. The maximum absolute atomic E-state index is 12.8. The minimum atomic E-state index is -0.142. The molecule has 0 bridgehead atoms. The van der Waals surface area contributed by atoms with Gasteiger partial charge in [0.15, 0.2) is 0 Å². The van der Waals surface area contributed by atoms with E-state index in [1.807, 2.05) is 23.9 Å². The molecular weight excluding hydrogens is 233 g/mol. The van der Waals surface area contributed by atoms with Gasteiger partial charge in [-0.05, 0) is 42.7 Å². The molecule has 17 heavy (non-hydrogen) atoms. The molecule has 1 nitrogen and oxygen atoms in total. The minimum Gasteiger partial charge on any atom is -0.313 e. The Morgan fingerprint density at radius 2 is 2.00 bits per heavy atom. The zero-order valence-corrected chi connectivity index (χ0v) is 11.3. The Bertz CT molecular complexity index is 346. The predicted octanol–water partition coefficient (Wildman–Crippen LogP) is 3.41. The smallest absolute Gasteiger partial charge is 0.123 e. The highest BCUT2D eigenvalue weighted by molar-refractivity contribution is 7.99. The van der Waals surface area contributed by atoms with Gasteiger partial charge in [0.05, 0.1) is 0 Å². The first-order chi connectivity index (χ1) is 8.19. The Kier molecular flexibility index (Phi) is 4.46. The van der Waals surface area contributed by atoms with E-state index < -0.39 is 0 Å². The third kappa shape index (κ3) is 3.46. The summed E-state index contributed by atoms with van der Waals surface area (Å²) in [7, 11) is 0. The van der Waals surface area contributed by atoms with Gasteiger partial charge in [0, 0.05) is 17.8 Å². The summed E-state index contributed by atoms with van der Waals surface area (Å²) in [6.45, 7) is 3.33. The van der Waals surface area contributed by atoms with E-state index in [1.54, 1.807) is 12.1 Å². The Labute approximate surface area is 107 Å². The van der Waals surface area contributed by atoms with E-state index in [4.69, 9.17) is 0 Å². The zero-order valence-electron chi connectivity index (χ0n) is 10.4. The number of rotatable bonds is 5. The van der Waals surface area contributed by atoms with Gasteiger partial charge in [0.1, 0.15) is 5.82 Å². The molecule has 0 heterocycles. The fourth-order valence-corrected chi connectivity index (χ4v) is 2.47. The Balaban J connectivity index is 1.73. The van der Waals surface area contributed by atoms with Crippen LogP contribution >= 0.6 is 11.8 Å². The van der Waals surface area contributed by atoms with E-state index in [-0.39, 0.29) is 5.82 Å². The van der Waals surface area contributed by atoms with Crippen LogP contribution in [0.25, 0.3) is 0 Å². The summed E-state index contributed by atoms with van der Waals surface area (Å²) >= 11 is 1.90. The second kappa shape index (κ2) is 5.87. The van der Waals surface area contributed by atoms with Crippen molar-refractivity contribution < 1.29 is 4.39 Å². The second-order valence-corrected chi connectivity index (χ2v) is 6.15. The monoisotopic (exact) mass is 253 g/mol. The molecule has 1 aliphatic carbocycles. The molecule has 0 aromatic heterocycles. The van der Waals surface area contributed by atoms with Crippen LogP contribution in [0.3, 0.4) is 0 Å². The molecule has 0 amide bonds. The lowest BCUT2D eigenvalue weighted by Crippen LogP contribution is -2.42. The van der Waals surface area contributed by atoms with Gasteiger partial charge in [0.25, 0.3) is 0 Å². The van der Waals surface area contributed by atoms with Crippen molar-refractivity contribution in [3.05, 3.63) is 35.6 Å². The number of hydrogen-bond donors (Lipinski definition) is 1. The number of thioether (sulfide) groups is 1. The lowest BCUT2D eigenvalue weighted by molar-refractivity contribution is 0.293. The molecular formula is C14H20FNS. The molecule has 94 valence electrons.